The number of benzene rings is 1. The van der Waals surface area contributed by atoms with Gasteiger partial charge in [-0.2, -0.15) is 0 Å². The molecule has 1 aliphatic heterocycles. The van der Waals surface area contributed by atoms with Gasteiger partial charge in [0, 0.05) is 19.0 Å². The Morgan fingerprint density at radius 2 is 2.00 bits per heavy atom. The lowest BCUT2D eigenvalue weighted by atomic mass is 9.93. The first-order chi connectivity index (χ1) is 11.0. The Hall–Kier alpha value is -1.88. The van der Waals surface area contributed by atoms with Crippen molar-refractivity contribution in [2.24, 2.45) is 0 Å². The zero-order chi connectivity index (χ0) is 16.4. The Morgan fingerprint density at radius 1 is 1.26 bits per heavy atom. The fourth-order valence-corrected chi connectivity index (χ4v) is 3.45. The SMILES string of the molecule is Cc1ccc(N2CCCC2=O)c(C(=O)NC2CCC(O)CC2)c1. The van der Waals surface area contributed by atoms with Gasteiger partial charge in [-0.1, -0.05) is 11.6 Å². The second-order valence-electron chi connectivity index (χ2n) is 6.65. The molecule has 2 aliphatic rings. The van der Waals surface area contributed by atoms with Crippen molar-refractivity contribution in [3.63, 3.8) is 0 Å². The number of carbonyl (C=O) groups is 2. The molecule has 3 rings (SSSR count). The molecule has 23 heavy (non-hydrogen) atoms. The summed E-state index contributed by atoms with van der Waals surface area (Å²) in [6.07, 6.45) is 4.23. The molecule has 124 valence electrons. The minimum absolute atomic E-state index is 0.0868. The lowest BCUT2D eigenvalue weighted by Crippen LogP contribution is -2.39. The van der Waals surface area contributed by atoms with E-state index < -0.39 is 0 Å². The molecule has 0 aromatic heterocycles. The molecule has 2 fully saturated rings. The van der Waals surface area contributed by atoms with Crippen molar-refractivity contribution in [1.29, 1.82) is 0 Å². The number of nitrogens with zero attached hydrogens (tertiary/aromatic N) is 1. The molecule has 1 aromatic rings. The largest absolute Gasteiger partial charge is 0.393 e. The number of amides is 2. The van der Waals surface area contributed by atoms with Crippen LogP contribution >= 0.6 is 0 Å². The Bertz CT molecular complexity index is 606. The minimum atomic E-state index is -0.236. The third-order valence-electron chi connectivity index (χ3n) is 4.79. The average Bonchev–Trinajstić information content (AvgIpc) is 2.95. The predicted molar refractivity (Wildman–Crippen MR) is 88.5 cm³/mol. The summed E-state index contributed by atoms with van der Waals surface area (Å²) in [5.74, 6) is -0.0338. The molecular weight excluding hydrogens is 292 g/mol. The van der Waals surface area contributed by atoms with Gasteiger partial charge in [0.2, 0.25) is 5.91 Å². The molecule has 1 aliphatic carbocycles. The third kappa shape index (κ3) is 3.55. The van der Waals surface area contributed by atoms with E-state index in [4.69, 9.17) is 0 Å². The number of carbonyl (C=O) groups excluding carboxylic acids is 2. The van der Waals surface area contributed by atoms with E-state index in [-0.39, 0.29) is 24.0 Å². The van der Waals surface area contributed by atoms with E-state index in [2.05, 4.69) is 5.32 Å². The van der Waals surface area contributed by atoms with E-state index in [0.29, 0.717) is 24.2 Å². The Labute approximate surface area is 136 Å². The quantitative estimate of drug-likeness (QED) is 0.898. The van der Waals surface area contributed by atoms with E-state index in [9.17, 15) is 14.7 Å². The topological polar surface area (TPSA) is 69.6 Å². The molecule has 5 nitrogen and oxygen atoms in total. The summed E-state index contributed by atoms with van der Waals surface area (Å²) in [7, 11) is 0. The number of aryl methyl sites for hydroxylation is 1. The van der Waals surface area contributed by atoms with E-state index in [1.54, 1.807) is 4.90 Å². The number of nitrogens with one attached hydrogen (secondary N) is 1. The number of anilines is 1. The molecule has 1 saturated carbocycles. The monoisotopic (exact) mass is 316 g/mol. The maximum atomic E-state index is 12.7. The zero-order valence-electron chi connectivity index (χ0n) is 13.5. The van der Waals surface area contributed by atoms with Crippen molar-refractivity contribution in [1.82, 2.24) is 5.32 Å². The molecule has 5 heteroatoms. The summed E-state index contributed by atoms with van der Waals surface area (Å²) < 4.78 is 0. The van der Waals surface area contributed by atoms with E-state index >= 15 is 0 Å². The first kappa shape index (κ1) is 16.0. The van der Waals surface area contributed by atoms with Crippen LogP contribution < -0.4 is 10.2 Å². The van der Waals surface area contributed by atoms with E-state index in [1.165, 1.54) is 0 Å². The molecule has 0 radical (unpaired) electrons. The molecule has 0 atom stereocenters. The second-order valence-corrected chi connectivity index (χ2v) is 6.65. The molecular formula is C18H24N2O3. The van der Waals surface area contributed by atoms with Gasteiger partial charge in [0.05, 0.1) is 17.4 Å². The minimum Gasteiger partial charge on any atom is -0.393 e. The van der Waals surface area contributed by atoms with Gasteiger partial charge in [-0.05, 0) is 51.2 Å². The first-order valence-corrected chi connectivity index (χ1v) is 8.44. The van der Waals surface area contributed by atoms with Gasteiger partial charge in [-0.15, -0.1) is 0 Å². The fourth-order valence-electron chi connectivity index (χ4n) is 3.45. The van der Waals surface area contributed by atoms with Gasteiger partial charge < -0.3 is 15.3 Å². The summed E-state index contributed by atoms with van der Waals surface area (Å²) in [6.45, 7) is 2.63. The summed E-state index contributed by atoms with van der Waals surface area (Å²) in [6, 6.07) is 5.77. The Morgan fingerprint density at radius 3 is 2.65 bits per heavy atom. The molecule has 1 aromatic carbocycles. The van der Waals surface area contributed by atoms with Crippen molar-refractivity contribution in [3.05, 3.63) is 29.3 Å². The van der Waals surface area contributed by atoms with Crippen LogP contribution in [0.3, 0.4) is 0 Å². The lowest BCUT2D eigenvalue weighted by molar-refractivity contribution is -0.117. The lowest BCUT2D eigenvalue weighted by Gasteiger charge is -2.27. The summed E-state index contributed by atoms with van der Waals surface area (Å²) in [5, 5.41) is 12.6. The second kappa shape index (κ2) is 6.71. The molecule has 0 unspecified atom stereocenters. The van der Waals surface area contributed by atoms with Gasteiger partial charge in [0.15, 0.2) is 0 Å². The number of aliphatic hydroxyl groups is 1. The van der Waals surface area contributed by atoms with Crippen molar-refractivity contribution >= 4 is 17.5 Å². The molecule has 1 heterocycles. The third-order valence-corrected chi connectivity index (χ3v) is 4.79. The smallest absolute Gasteiger partial charge is 0.253 e. The van der Waals surface area contributed by atoms with Crippen LogP contribution in [0.1, 0.15) is 54.4 Å². The number of hydrogen-bond acceptors (Lipinski definition) is 3. The number of rotatable bonds is 3. The van der Waals surface area contributed by atoms with Crippen LogP contribution in [0, 0.1) is 6.92 Å². The zero-order valence-corrected chi connectivity index (χ0v) is 13.5. The van der Waals surface area contributed by atoms with Crippen molar-refractivity contribution in [3.8, 4) is 0 Å². The highest BCUT2D eigenvalue weighted by atomic mass is 16.3. The maximum Gasteiger partial charge on any atom is 0.253 e. The van der Waals surface area contributed by atoms with Gasteiger partial charge in [-0.25, -0.2) is 0 Å². The molecule has 2 amide bonds. The highest BCUT2D eigenvalue weighted by molar-refractivity contribution is 6.05. The predicted octanol–water partition coefficient (Wildman–Crippen LogP) is 2.16. The van der Waals surface area contributed by atoms with Crippen LogP contribution in [0.2, 0.25) is 0 Å². The van der Waals surface area contributed by atoms with Crippen molar-refractivity contribution < 1.29 is 14.7 Å². The van der Waals surface area contributed by atoms with Crippen LogP contribution in [0.25, 0.3) is 0 Å². The first-order valence-electron chi connectivity index (χ1n) is 8.44. The maximum absolute atomic E-state index is 12.7. The van der Waals surface area contributed by atoms with Gasteiger partial charge in [0.1, 0.15) is 0 Å². The van der Waals surface area contributed by atoms with Crippen molar-refractivity contribution in [2.45, 2.75) is 57.6 Å². The Kier molecular flexibility index (Phi) is 4.66. The van der Waals surface area contributed by atoms with E-state index in [0.717, 1.165) is 37.7 Å². The molecule has 0 spiro atoms. The summed E-state index contributed by atoms with van der Waals surface area (Å²) in [4.78, 5) is 26.5. The average molecular weight is 316 g/mol. The van der Waals surface area contributed by atoms with Crippen LogP contribution in [0.4, 0.5) is 5.69 Å². The number of hydrogen-bond donors (Lipinski definition) is 2. The highest BCUT2D eigenvalue weighted by Crippen LogP contribution is 2.27. The van der Waals surface area contributed by atoms with Crippen molar-refractivity contribution in [2.75, 3.05) is 11.4 Å². The Balaban J connectivity index is 1.79. The molecule has 2 N–H and O–H groups in total. The van der Waals surface area contributed by atoms with E-state index in [1.807, 2.05) is 25.1 Å². The van der Waals surface area contributed by atoms with Crippen LogP contribution in [0.15, 0.2) is 18.2 Å². The fraction of sp³-hybridized carbons (Fsp3) is 0.556. The van der Waals surface area contributed by atoms with Crippen LogP contribution in [-0.2, 0) is 4.79 Å². The molecule has 0 bridgehead atoms. The van der Waals surface area contributed by atoms with Gasteiger partial charge >= 0.3 is 0 Å². The highest BCUT2D eigenvalue weighted by Gasteiger charge is 2.27. The molecule has 1 saturated heterocycles. The number of aliphatic hydroxyl groups excluding tert-OH is 1. The van der Waals surface area contributed by atoms with Crippen LogP contribution in [0.5, 0.6) is 0 Å². The van der Waals surface area contributed by atoms with Gasteiger partial charge in [-0.3, -0.25) is 9.59 Å². The summed E-state index contributed by atoms with van der Waals surface area (Å²) in [5.41, 5.74) is 2.29. The van der Waals surface area contributed by atoms with Crippen LogP contribution in [-0.4, -0.2) is 35.6 Å². The normalized spacial score (nSPS) is 24.8. The standard InChI is InChI=1S/C18H24N2O3/c1-12-4-9-16(20-10-2-3-17(20)22)15(11-12)18(23)19-13-5-7-14(21)8-6-13/h4,9,11,13-14,21H,2-3,5-8,10H2,1H3,(H,19,23). The van der Waals surface area contributed by atoms with Gasteiger partial charge in [0.25, 0.3) is 5.91 Å². The summed E-state index contributed by atoms with van der Waals surface area (Å²) >= 11 is 0.